The minimum absolute atomic E-state index is 0.148. The number of nitrogen functional groups attached to an aromatic ring is 1. The Bertz CT molecular complexity index is 1720. The topological polar surface area (TPSA) is 140 Å². The van der Waals surface area contributed by atoms with Gasteiger partial charge in [0.2, 0.25) is 0 Å². The fraction of sp³-hybridized carbons (Fsp3) is 0.469. The highest BCUT2D eigenvalue weighted by Gasteiger charge is 2.39. The Morgan fingerprint density at radius 2 is 1.86 bits per heavy atom. The van der Waals surface area contributed by atoms with Crippen molar-refractivity contribution in [2.45, 2.75) is 85.0 Å². The standard InChI is InChI=1S/C32H44N5O6P/c1-7-9-19-32(6,21-41-44(39,43-24-15-11-10-12-16-24)36-23(5)31(38)42-22(3)4)37-27(20-40-8-2)35-28-29(37)25-17-13-14-18-26(25)34-30(28)33/h10-18,22-23H,7-9,19-21H2,1-6H3,(H2,33,34)(H,36,39)/t23-,32+,44-/m0/s1/i5D3. The molecule has 11 nitrogen and oxygen atoms in total. The van der Waals surface area contributed by atoms with Gasteiger partial charge in [0, 0.05) is 16.1 Å². The molecule has 238 valence electrons. The molecule has 2 aromatic carbocycles. The number of rotatable bonds is 16. The van der Waals surface area contributed by atoms with Gasteiger partial charge in [-0.1, -0.05) is 56.2 Å². The van der Waals surface area contributed by atoms with Crippen molar-refractivity contribution in [2.24, 2.45) is 0 Å². The number of nitrogens with one attached hydrogen (secondary N) is 1. The van der Waals surface area contributed by atoms with Crippen LogP contribution in [-0.2, 0) is 35.5 Å². The summed E-state index contributed by atoms with van der Waals surface area (Å²) in [5.74, 6) is -0.155. The molecule has 0 amide bonds. The number of imidazole rings is 1. The molecular formula is C32H44N5O6P. The average molecular weight is 629 g/mol. The molecule has 12 heteroatoms. The molecule has 0 spiro atoms. The summed E-state index contributed by atoms with van der Waals surface area (Å²) in [5, 5.41) is 3.22. The van der Waals surface area contributed by atoms with E-state index in [1.165, 1.54) is 0 Å². The van der Waals surface area contributed by atoms with E-state index in [0.29, 0.717) is 35.4 Å². The summed E-state index contributed by atoms with van der Waals surface area (Å²) >= 11 is 0. The van der Waals surface area contributed by atoms with E-state index in [9.17, 15) is 9.36 Å². The van der Waals surface area contributed by atoms with Gasteiger partial charge in [-0.05, 0) is 59.2 Å². The number of aromatic nitrogens is 3. The van der Waals surface area contributed by atoms with Gasteiger partial charge in [0.1, 0.15) is 29.7 Å². The van der Waals surface area contributed by atoms with Crippen LogP contribution in [0.4, 0.5) is 5.82 Å². The first-order chi connectivity index (χ1) is 22.2. The maximum Gasteiger partial charge on any atom is 0.459 e. The lowest BCUT2D eigenvalue weighted by molar-refractivity contribution is -0.149. The Hall–Kier alpha value is -3.50. The average Bonchev–Trinajstić information content (AvgIpc) is 3.42. The zero-order valence-electron chi connectivity index (χ0n) is 28.9. The first-order valence-corrected chi connectivity index (χ1v) is 16.4. The van der Waals surface area contributed by atoms with Crippen LogP contribution in [0.2, 0.25) is 0 Å². The minimum Gasteiger partial charge on any atom is -0.462 e. The van der Waals surface area contributed by atoms with Gasteiger partial charge in [-0.3, -0.25) is 9.32 Å². The van der Waals surface area contributed by atoms with Crippen LogP contribution in [0.15, 0.2) is 54.6 Å². The van der Waals surface area contributed by atoms with Gasteiger partial charge in [-0.2, -0.15) is 5.09 Å². The smallest absolute Gasteiger partial charge is 0.459 e. The number of hydrogen-bond donors (Lipinski definition) is 2. The van der Waals surface area contributed by atoms with E-state index in [2.05, 4.69) is 17.0 Å². The molecule has 0 saturated carbocycles. The Morgan fingerprint density at radius 1 is 1.14 bits per heavy atom. The van der Waals surface area contributed by atoms with Crippen molar-refractivity contribution in [1.29, 1.82) is 0 Å². The van der Waals surface area contributed by atoms with E-state index < -0.39 is 38.3 Å². The molecular weight excluding hydrogens is 581 g/mol. The molecule has 0 aliphatic rings. The molecule has 2 aromatic heterocycles. The molecule has 2 heterocycles. The quantitative estimate of drug-likeness (QED) is 0.101. The third-order valence-corrected chi connectivity index (χ3v) is 8.52. The molecule has 44 heavy (non-hydrogen) atoms. The number of para-hydroxylation sites is 2. The van der Waals surface area contributed by atoms with E-state index >= 15 is 0 Å². The molecule has 0 fully saturated rings. The number of fused-ring (bicyclic) bond motifs is 3. The summed E-state index contributed by atoms with van der Waals surface area (Å²) in [6.45, 7) is 6.46. The Balaban J connectivity index is 1.86. The first kappa shape index (κ1) is 29.2. The predicted octanol–water partition coefficient (Wildman–Crippen LogP) is 6.74. The molecule has 0 radical (unpaired) electrons. The summed E-state index contributed by atoms with van der Waals surface area (Å²) < 4.78 is 63.8. The number of hydrogen-bond acceptors (Lipinski definition) is 9. The van der Waals surface area contributed by atoms with Gasteiger partial charge < -0.3 is 24.3 Å². The number of benzene rings is 2. The number of carbonyl (C=O) groups excluding carboxylic acids is 1. The molecule has 3 N–H and O–H groups in total. The van der Waals surface area contributed by atoms with Crippen LogP contribution < -0.4 is 15.3 Å². The van der Waals surface area contributed by atoms with Gasteiger partial charge in [-0.25, -0.2) is 14.5 Å². The van der Waals surface area contributed by atoms with Gasteiger partial charge in [0.25, 0.3) is 0 Å². The molecule has 0 aliphatic carbocycles. The van der Waals surface area contributed by atoms with Crippen molar-refractivity contribution in [3.8, 4) is 5.75 Å². The second-order valence-electron chi connectivity index (χ2n) is 11.0. The van der Waals surface area contributed by atoms with E-state index in [-0.39, 0.29) is 24.8 Å². The van der Waals surface area contributed by atoms with Gasteiger partial charge >= 0.3 is 13.7 Å². The summed E-state index contributed by atoms with van der Waals surface area (Å²) in [6.07, 6.45) is 1.51. The normalized spacial score (nSPS) is 16.5. The van der Waals surface area contributed by atoms with Gasteiger partial charge in [0.15, 0.2) is 5.82 Å². The molecule has 3 atom stereocenters. The van der Waals surface area contributed by atoms with Crippen molar-refractivity contribution in [3.63, 3.8) is 0 Å². The van der Waals surface area contributed by atoms with Crippen LogP contribution in [0.25, 0.3) is 21.9 Å². The third-order valence-electron chi connectivity index (χ3n) is 7.02. The molecule has 4 rings (SSSR count). The van der Waals surface area contributed by atoms with E-state index in [1.807, 2.05) is 42.7 Å². The van der Waals surface area contributed by atoms with Crippen molar-refractivity contribution in [2.75, 3.05) is 18.9 Å². The SMILES string of the molecule is [2H]C([2H])([2H])[C@H](N[P@](=O)(OC[C@@](C)(CCCC)n1c(COCC)nc2c(N)nc3ccccc3c21)Oc1ccccc1)C(=O)OC(C)C. The minimum atomic E-state index is -4.59. The number of unbranched alkanes of at least 4 members (excludes halogenated alkanes) is 1. The zero-order chi connectivity index (χ0) is 34.4. The largest absolute Gasteiger partial charge is 0.462 e. The van der Waals surface area contributed by atoms with Gasteiger partial charge in [0.05, 0.1) is 29.3 Å². The zero-order valence-corrected chi connectivity index (χ0v) is 26.8. The van der Waals surface area contributed by atoms with E-state index in [0.717, 1.165) is 18.2 Å². The highest BCUT2D eigenvalue weighted by atomic mass is 31.2. The molecule has 0 unspecified atom stereocenters. The van der Waals surface area contributed by atoms with Crippen molar-refractivity contribution < 1.29 is 32.0 Å². The maximum atomic E-state index is 14.6. The lowest BCUT2D eigenvalue weighted by atomic mass is 9.94. The molecule has 0 bridgehead atoms. The summed E-state index contributed by atoms with van der Waals surface area (Å²) in [4.78, 5) is 22.4. The van der Waals surface area contributed by atoms with Crippen LogP contribution in [0.5, 0.6) is 5.75 Å². The van der Waals surface area contributed by atoms with Crippen molar-refractivity contribution >= 4 is 41.5 Å². The number of esters is 1. The van der Waals surface area contributed by atoms with E-state index in [1.54, 1.807) is 44.2 Å². The maximum absolute atomic E-state index is 14.6. The van der Waals surface area contributed by atoms with Gasteiger partial charge in [-0.15, -0.1) is 0 Å². The number of nitrogens with zero attached hydrogens (tertiary/aromatic N) is 3. The van der Waals surface area contributed by atoms with Crippen LogP contribution in [0, 0.1) is 0 Å². The lowest BCUT2D eigenvalue weighted by Gasteiger charge is -2.35. The molecule has 0 aliphatic heterocycles. The highest BCUT2D eigenvalue weighted by Crippen LogP contribution is 2.47. The van der Waals surface area contributed by atoms with Crippen LogP contribution in [-0.4, -0.2) is 45.9 Å². The monoisotopic (exact) mass is 628 g/mol. The lowest BCUT2D eigenvalue weighted by Crippen LogP contribution is -2.40. The Labute approximate surface area is 263 Å². The fourth-order valence-electron chi connectivity index (χ4n) is 4.97. The number of anilines is 1. The van der Waals surface area contributed by atoms with Crippen molar-refractivity contribution in [3.05, 3.63) is 60.4 Å². The first-order valence-electron chi connectivity index (χ1n) is 16.3. The predicted molar refractivity (Wildman–Crippen MR) is 172 cm³/mol. The number of nitrogens with two attached hydrogens (primary N) is 1. The second-order valence-corrected chi connectivity index (χ2v) is 12.7. The fourth-order valence-corrected chi connectivity index (χ4v) is 6.42. The number of ether oxygens (including phenoxy) is 2. The van der Waals surface area contributed by atoms with Crippen LogP contribution in [0.1, 0.15) is 70.7 Å². The van der Waals surface area contributed by atoms with Crippen LogP contribution >= 0.6 is 7.75 Å². The second kappa shape index (κ2) is 14.5. The highest BCUT2D eigenvalue weighted by molar-refractivity contribution is 7.52. The van der Waals surface area contributed by atoms with Crippen LogP contribution in [0.3, 0.4) is 0 Å². The number of carbonyl (C=O) groups is 1. The Kier molecular flexibility index (Phi) is 9.64. The van der Waals surface area contributed by atoms with Crippen molar-refractivity contribution in [1.82, 2.24) is 19.6 Å². The Morgan fingerprint density at radius 3 is 2.55 bits per heavy atom. The molecule has 4 aromatic rings. The number of pyridine rings is 1. The third kappa shape index (κ3) is 7.77. The summed E-state index contributed by atoms with van der Waals surface area (Å²) in [5.41, 5.74) is 7.35. The summed E-state index contributed by atoms with van der Waals surface area (Å²) in [7, 11) is -4.59. The van der Waals surface area contributed by atoms with E-state index in [4.69, 9.17) is 33.4 Å². The molecule has 0 saturated heterocycles. The summed E-state index contributed by atoms with van der Waals surface area (Å²) in [6, 6.07) is 13.7.